The molecule has 0 saturated carbocycles. The molecule has 0 radical (unpaired) electrons. The number of likely N-dealkylation sites (N-methyl/N-ethyl adjacent to an activating group) is 1. The molecule has 0 aliphatic rings. The molecule has 21 heavy (non-hydrogen) atoms. The minimum absolute atomic E-state index is 0.0107. The van der Waals surface area contributed by atoms with E-state index in [0.29, 0.717) is 17.9 Å². The van der Waals surface area contributed by atoms with Gasteiger partial charge in [0.25, 0.3) is 5.91 Å². The van der Waals surface area contributed by atoms with Crippen LogP contribution in [0, 0.1) is 11.3 Å². The topological polar surface area (TPSA) is 53.3 Å². The molecule has 0 aliphatic heterocycles. The molecule has 4 heteroatoms. The second-order valence-electron chi connectivity index (χ2n) is 4.66. The van der Waals surface area contributed by atoms with Gasteiger partial charge in [0.15, 0.2) is 6.61 Å². The summed E-state index contributed by atoms with van der Waals surface area (Å²) in [5.41, 5.74) is 1.59. The van der Waals surface area contributed by atoms with Crippen LogP contribution in [0.15, 0.2) is 54.6 Å². The van der Waals surface area contributed by atoms with Crippen molar-refractivity contribution in [2.24, 2.45) is 0 Å². The number of para-hydroxylation sites is 1. The van der Waals surface area contributed by atoms with Gasteiger partial charge in [0.2, 0.25) is 0 Å². The molecule has 0 saturated heterocycles. The highest BCUT2D eigenvalue weighted by atomic mass is 16.5. The first kappa shape index (κ1) is 14.6. The summed E-state index contributed by atoms with van der Waals surface area (Å²) in [7, 11) is 1.73. The third kappa shape index (κ3) is 4.36. The van der Waals surface area contributed by atoms with Crippen molar-refractivity contribution < 1.29 is 9.53 Å². The normalized spacial score (nSPS) is 9.71. The Morgan fingerprint density at radius 1 is 1.14 bits per heavy atom. The van der Waals surface area contributed by atoms with E-state index in [-0.39, 0.29) is 12.5 Å². The van der Waals surface area contributed by atoms with Crippen molar-refractivity contribution in [1.29, 1.82) is 5.26 Å². The van der Waals surface area contributed by atoms with E-state index in [9.17, 15) is 4.79 Å². The zero-order chi connectivity index (χ0) is 15.1. The number of rotatable bonds is 5. The average molecular weight is 280 g/mol. The molecular formula is C17H16N2O2. The molecule has 2 aromatic rings. The van der Waals surface area contributed by atoms with Crippen molar-refractivity contribution in [3.8, 4) is 11.8 Å². The van der Waals surface area contributed by atoms with Crippen LogP contribution in [0.4, 0.5) is 0 Å². The quantitative estimate of drug-likeness (QED) is 0.846. The summed E-state index contributed by atoms with van der Waals surface area (Å²) in [4.78, 5) is 13.6. The molecule has 0 spiro atoms. The summed E-state index contributed by atoms with van der Waals surface area (Å²) in [5.74, 6) is 0.584. The third-order valence-electron chi connectivity index (χ3n) is 3.03. The van der Waals surface area contributed by atoms with Gasteiger partial charge in [-0.05, 0) is 29.8 Å². The van der Waals surface area contributed by atoms with E-state index < -0.39 is 0 Å². The minimum atomic E-state index is -0.0942. The van der Waals surface area contributed by atoms with Crippen molar-refractivity contribution in [3.05, 3.63) is 65.7 Å². The van der Waals surface area contributed by atoms with Gasteiger partial charge in [-0.1, -0.05) is 30.3 Å². The van der Waals surface area contributed by atoms with Crippen LogP contribution in [-0.2, 0) is 11.3 Å². The second-order valence-corrected chi connectivity index (χ2v) is 4.66. The third-order valence-corrected chi connectivity index (χ3v) is 3.03. The lowest BCUT2D eigenvalue weighted by atomic mass is 10.1. The molecular weight excluding hydrogens is 264 g/mol. The van der Waals surface area contributed by atoms with Gasteiger partial charge in [0.05, 0.1) is 11.6 Å². The number of carbonyl (C=O) groups excluding carboxylic acids is 1. The Balaban J connectivity index is 1.86. The molecule has 0 aromatic heterocycles. The van der Waals surface area contributed by atoms with Gasteiger partial charge >= 0.3 is 0 Å². The Kier molecular flexibility index (Phi) is 4.94. The monoisotopic (exact) mass is 280 g/mol. The van der Waals surface area contributed by atoms with Crippen LogP contribution in [0.1, 0.15) is 11.1 Å². The minimum Gasteiger partial charge on any atom is -0.484 e. The molecule has 0 unspecified atom stereocenters. The van der Waals surface area contributed by atoms with E-state index in [1.807, 2.05) is 42.5 Å². The summed E-state index contributed by atoms with van der Waals surface area (Å²) < 4.78 is 5.43. The van der Waals surface area contributed by atoms with Crippen LogP contribution in [-0.4, -0.2) is 24.5 Å². The van der Waals surface area contributed by atoms with E-state index >= 15 is 0 Å². The van der Waals surface area contributed by atoms with E-state index in [2.05, 4.69) is 6.07 Å². The fraction of sp³-hybridized carbons (Fsp3) is 0.176. The summed E-state index contributed by atoms with van der Waals surface area (Å²) in [5, 5.41) is 8.75. The largest absolute Gasteiger partial charge is 0.484 e. The SMILES string of the molecule is CN(Cc1ccc(C#N)cc1)C(=O)COc1ccccc1. The molecule has 106 valence electrons. The van der Waals surface area contributed by atoms with Crippen molar-refractivity contribution in [2.75, 3.05) is 13.7 Å². The van der Waals surface area contributed by atoms with E-state index in [1.54, 1.807) is 24.1 Å². The molecule has 0 atom stereocenters. The molecule has 0 aliphatic carbocycles. The Bertz CT molecular complexity index is 630. The van der Waals surface area contributed by atoms with Crippen LogP contribution in [0.5, 0.6) is 5.75 Å². The molecule has 1 amide bonds. The van der Waals surface area contributed by atoms with Crippen molar-refractivity contribution in [1.82, 2.24) is 4.90 Å². The number of benzene rings is 2. The van der Waals surface area contributed by atoms with Gasteiger partial charge < -0.3 is 9.64 Å². The molecule has 0 fully saturated rings. The predicted octanol–water partition coefficient (Wildman–Crippen LogP) is 2.60. The zero-order valence-electron chi connectivity index (χ0n) is 11.8. The number of hydrogen-bond acceptors (Lipinski definition) is 3. The lowest BCUT2D eigenvalue weighted by molar-refractivity contribution is -0.132. The highest BCUT2D eigenvalue weighted by Gasteiger charge is 2.10. The van der Waals surface area contributed by atoms with Gasteiger partial charge in [0, 0.05) is 13.6 Å². The molecule has 2 rings (SSSR count). The number of ether oxygens (including phenoxy) is 1. The Labute approximate surface area is 124 Å². The lowest BCUT2D eigenvalue weighted by Gasteiger charge is -2.17. The fourth-order valence-corrected chi connectivity index (χ4v) is 1.82. The summed E-state index contributed by atoms with van der Waals surface area (Å²) in [6.07, 6.45) is 0. The summed E-state index contributed by atoms with van der Waals surface area (Å²) >= 11 is 0. The van der Waals surface area contributed by atoms with E-state index in [4.69, 9.17) is 10.00 Å². The van der Waals surface area contributed by atoms with Crippen molar-refractivity contribution >= 4 is 5.91 Å². The second kappa shape index (κ2) is 7.11. The predicted molar refractivity (Wildman–Crippen MR) is 79.6 cm³/mol. The van der Waals surface area contributed by atoms with Crippen LogP contribution < -0.4 is 4.74 Å². The fourth-order valence-electron chi connectivity index (χ4n) is 1.82. The number of hydrogen-bond donors (Lipinski definition) is 0. The zero-order valence-corrected chi connectivity index (χ0v) is 11.8. The smallest absolute Gasteiger partial charge is 0.260 e. The number of nitrogens with zero attached hydrogens (tertiary/aromatic N) is 2. The van der Waals surface area contributed by atoms with E-state index in [0.717, 1.165) is 5.56 Å². The Hall–Kier alpha value is -2.80. The maximum Gasteiger partial charge on any atom is 0.260 e. The van der Waals surface area contributed by atoms with Crippen LogP contribution in [0.2, 0.25) is 0 Å². The molecule has 2 aromatic carbocycles. The van der Waals surface area contributed by atoms with Gasteiger partial charge in [-0.3, -0.25) is 4.79 Å². The molecule has 0 heterocycles. The Morgan fingerprint density at radius 2 is 1.81 bits per heavy atom. The molecule has 0 N–H and O–H groups in total. The number of nitriles is 1. The first-order valence-electron chi connectivity index (χ1n) is 6.60. The number of amides is 1. The van der Waals surface area contributed by atoms with Gasteiger partial charge in [-0.15, -0.1) is 0 Å². The molecule has 4 nitrogen and oxygen atoms in total. The first-order chi connectivity index (χ1) is 10.2. The van der Waals surface area contributed by atoms with Gasteiger partial charge in [-0.25, -0.2) is 0 Å². The number of carbonyl (C=O) groups is 1. The maximum absolute atomic E-state index is 12.0. The van der Waals surface area contributed by atoms with Crippen molar-refractivity contribution in [2.45, 2.75) is 6.54 Å². The summed E-state index contributed by atoms with van der Waals surface area (Å²) in [6.45, 7) is 0.499. The van der Waals surface area contributed by atoms with Crippen molar-refractivity contribution in [3.63, 3.8) is 0 Å². The van der Waals surface area contributed by atoms with E-state index in [1.165, 1.54) is 0 Å². The highest BCUT2D eigenvalue weighted by molar-refractivity contribution is 5.77. The lowest BCUT2D eigenvalue weighted by Crippen LogP contribution is -2.30. The maximum atomic E-state index is 12.0. The first-order valence-corrected chi connectivity index (χ1v) is 6.60. The van der Waals surface area contributed by atoms with Crippen LogP contribution in [0.3, 0.4) is 0 Å². The van der Waals surface area contributed by atoms with Gasteiger partial charge in [-0.2, -0.15) is 5.26 Å². The van der Waals surface area contributed by atoms with Crippen LogP contribution in [0.25, 0.3) is 0 Å². The standard InChI is InChI=1S/C17H16N2O2/c1-19(12-15-9-7-14(11-18)8-10-15)17(20)13-21-16-5-3-2-4-6-16/h2-10H,12-13H2,1H3. The summed E-state index contributed by atoms with van der Waals surface area (Å²) in [6, 6.07) is 18.5. The highest BCUT2D eigenvalue weighted by Crippen LogP contribution is 2.09. The molecule has 0 bridgehead atoms. The van der Waals surface area contributed by atoms with Gasteiger partial charge in [0.1, 0.15) is 5.75 Å². The van der Waals surface area contributed by atoms with Crippen LogP contribution >= 0.6 is 0 Å². The Morgan fingerprint density at radius 3 is 2.43 bits per heavy atom. The average Bonchev–Trinajstić information content (AvgIpc) is 2.54.